The summed E-state index contributed by atoms with van der Waals surface area (Å²) in [4.78, 5) is 24.3. The van der Waals surface area contributed by atoms with Crippen molar-refractivity contribution in [1.29, 1.82) is 0 Å². The molecule has 0 unspecified atom stereocenters. The van der Waals surface area contributed by atoms with Gasteiger partial charge in [-0.15, -0.1) is 0 Å². The number of hydrogen-bond donors (Lipinski definition) is 2. The molecule has 1 amide bonds. The van der Waals surface area contributed by atoms with Crippen LogP contribution in [0.25, 0.3) is 0 Å². The highest BCUT2D eigenvalue weighted by molar-refractivity contribution is 6.03. The zero-order valence-corrected chi connectivity index (χ0v) is 12.9. The first-order valence-corrected chi connectivity index (χ1v) is 7.34. The molecule has 2 heterocycles. The minimum atomic E-state index is -0.864. The smallest absolute Gasteiger partial charge is 0.274 e. The molecule has 126 valence electrons. The number of rotatable bonds is 5. The van der Waals surface area contributed by atoms with E-state index in [1.807, 2.05) is 6.07 Å². The Kier molecular flexibility index (Phi) is 4.89. The lowest BCUT2D eigenvalue weighted by molar-refractivity contribution is 0.102. The van der Waals surface area contributed by atoms with Gasteiger partial charge in [0, 0.05) is 31.2 Å². The van der Waals surface area contributed by atoms with Crippen LogP contribution in [0.4, 0.5) is 20.4 Å². The van der Waals surface area contributed by atoms with E-state index >= 15 is 0 Å². The first kappa shape index (κ1) is 16.4. The molecule has 0 aliphatic rings. The van der Waals surface area contributed by atoms with Crippen LogP contribution in [0.5, 0.6) is 0 Å². The number of hydrogen-bond acceptors (Lipinski definition) is 5. The lowest BCUT2D eigenvalue weighted by Gasteiger charge is -2.08. The highest BCUT2D eigenvalue weighted by Gasteiger charge is 2.12. The molecule has 3 rings (SSSR count). The van der Waals surface area contributed by atoms with Gasteiger partial charge in [-0.3, -0.25) is 9.78 Å². The molecule has 2 N–H and O–H groups in total. The monoisotopic (exact) mass is 341 g/mol. The van der Waals surface area contributed by atoms with Crippen molar-refractivity contribution in [2.24, 2.45) is 0 Å². The summed E-state index contributed by atoms with van der Waals surface area (Å²) in [6.45, 7) is 0.436. The average molecular weight is 341 g/mol. The molecule has 0 saturated heterocycles. The van der Waals surface area contributed by atoms with Gasteiger partial charge in [0.1, 0.15) is 17.3 Å². The topological polar surface area (TPSA) is 79.8 Å². The summed E-state index contributed by atoms with van der Waals surface area (Å²) in [5.41, 5.74) is 0.844. The molecular formula is C17H13F2N5O. The molecule has 0 atom stereocenters. The Morgan fingerprint density at radius 2 is 2.00 bits per heavy atom. The lowest BCUT2D eigenvalue weighted by atomic mass is 10.3. The van der Waals surface area contributed by atoms with E-state index in [2.05, 4.69) is 25.6 Å². The molecule has 6 nitrogen and oxygen atoms in total. The lowest BCUT2D eigenvalue weighted by Crippen LogP contribution is -2.16. The third kappa shape index (κ3) is 4.31. The van der Waals surface area contributed by atoms with E-state index in [-0.39, 0.29) is 17.3 Å². The van der Waals surface area contributed by atoms with Gasteiger partial charge in [-0.1, -0.05) is 6.07 Å². The summed E-state index contributed by atoms with van der Waals surface area (Å²) in [5.74, 6) is -1.97. The number of halogens is 2. The van der Waals surface area contributed by atoms with Crippen molar-refractivity contribution in [1.82, 2.24) is 15.0 Å². The summed E-state index contributed by atoms with van der Waals surface area (Å²) in [5, 5.41) is 5.32. The van der Waals surface area contributed by atoms with Gasteiger partial charge in [-0.25, -0.2) is 18.7 Å². The zero-order chi connectivity index (χ0) is 17.6. The normalized spacial score (nSPS) is 10.3. The zero-order valence-electron chi connectivity index (χ0n) is 12.9. The van der Waals surface area contributed by atoms with Crippen LogP contribution < -0.4 is 10.6 Å². The number of aromatic nitrogens is 3. The summed E-state index contributed by atoms with van der Waals surface area (Å²) >= 11 is 0. The van der Waals surface area contributed by atoms with Crippen molar-refractivity contribution in [2.45, 2.75) is 6.54 Å². The fraction of sp³-hybridized carbons (Fsp3) is 0.0588. The molecule has 3 aromatic rings. The van der Waals surface area contributed by atoms with E-state index in [0.717, 1.165) is 17.7 Å². The van der Waals surface area contributed by atoms with Crippen LogP contribution in [-0.4, -0.2) is 20.9 Å². The number of amides is 1. The molecule has 25 heavy (non-hydrogen) atoms. The van der Waals surface area contributed by atoms with Gasteiger partial charge in [0.05, 0.1) is 5.69 Å². The van der Waals surface area contributed by atoms with Gasteiger partial charge in [-0.2, -0.15) is 0 Å². The first-order chi connectivity index (χ1) is 12.1. The van der Waals surface area contributed by atoms with Crippen LogP contribution in [0.3, 0.4) is 0 Å². The summed E-state index contributed by atoms with van der Waals surface area (Å²) in [6, 6.07) is 7.97. The van der Waals surface area contributed by atoms with E-state index in [9.17, 15) is 13.6 Å². The minimum Gasteiger partial charge on any atom is -0.350 e. The maximum atomic E-state index is 13.6. The number of carbonyl (C=O) groups is 1. The SMILES string of the molecule is O=C(Nc1ccc(F)cc1F)c1ccnc(NCc2cccnc2)n1. The number of pyridine rings is 1. The van der Waals surface area contributed by atoms with Crippen LogP contribution in [0.2, 0.25) is 0 Å². The highest BCUT2D eigenvalue weighted by atomic mass is 19.1. The third-order valence-corrected chi connectivity index (χ3v) is 3.24. The Hall–Kier alpha value is -3.42. The molecule has 1 aromatic carbocycles. The first-order valence-electron chi connectivity index (χ1n) is 7.34. The van der Waals surface area contributed by atoms with Gasteiger partial charge in [0.15, 0.2) is 0 Å². The number of carbonyl (C=O) groups excluding carboxylic acids is 1. The van der Waals surface area contributed by atoms with Crippen molar-refractivity contribution in [2.75, 3.05) is 10.6 Å². The second-order valence-corrected chi connectivity index (χ2v) is 5.06. The molecule has 0 saturated carbocycles. The van der Waals surface area contributed by atoms with Crippen molar-refractivity contribution >= 4 is 17.5 Å². The molecule has 0 bridgehead atoms. The Morgan fingerprint density at radius 3 is 2.76 bits per heavy atom. The van der Waals surface area contributed by atoms with Crippen LogP contribution in [0, 0.1) is 11.6 Å². The predicted octanol–water partition coefficient (Wildman–Crippen LogP) is 3.01. The van der Waals surface area contributed by atoms with Crippen molar-refractivity contribution in [3.8, 4) is 0 Å². The summed E-state index contributed by atoms with van der Waals surface area (Å²) in [6.07, 6.45) is 4.77. The van der Waals surface area contributed by atoms with E-state index in [1.54, 1.807) is 18.5 Å². The van der Waals surface area contributed by atoms with Crippen molar-refractivity contribution in [3.05, 3.63) is 77.9 Å². The van der Waals surface area contributed by atoms with E-state index < -0.39 is 17.5 Å². The Morgan fingerprint density at radius 1 is 1.12 bits per heavy atom. The van der Waals surface area contributed by atoms with Crippen LogP contribution in [0.15, 0.2) is 55.0 Å². The third-order valence-electron chi connectivity index (χ3n) is 3.24. The van der Waals surface area contributed by atoms with Crippen LogP contribution >= 0.6 is 0 Å². The van der Waals surface area contributed by atoms with E-state index in [1.165, 1.54) is 12.3 Å². The maximum absolute atomic E-state index is 13.6. The molecule has 0 fully saturated rings. The Labute approximate surface area is 142 Å². The van der Waals surface area contributed by atoms with E-state index in [4.69, 9.17) is 0 Å². The second kappa shape index (κ2) is 7.43. The van der Waals surface area contributed by atoms with Gasteiger partial charge in [0.25, 0.3) is 5.91 Å². The molecule has 0 aliphatic carbocycles. The highest BCUT2D eigenvalue weighted by Crippen LogP contribution is 2.16. The molecule has 8 heteroatoms. The van der Waals surface area contributed by atoms with Gasteiger partial charge in [0.2, 0.25) is 5.95 Å². The number of nitrogens with one attached hydrogen (secondary N) is 2. The van der Waals surface area contributed by atoms with Crippen molar-refractivity contribution in [3.63, 3.8) is 0 Å². The van der Waals surface area contributed by atoms with Gasteiger partial charge in [-0.05, 0) is 29.8 Å². The standard InChI is InChI=1S/C17H13F2N5O/c18-12-3-4-14(13(19)8-12)23-16(25)15-5-7-21-17(24-15)22-10-11-2-1-6-20-9-11/h1-9H,10H2,(H,23,25)(H,21,22,24). The molecule has 2 aromatic heterocycles. The van der Waals surface area contributed by atoms with Gasteiger partial charge >= 0.3 is 0 Å². The predicted molar refractivity (Wildman–Crippen MR) is 87.9 cm³/mol. The number of anilines is 2. The number of benzene rings is 1. The molecular weight excluding hydrogens is 328 g/mol. The minimum absolute atomic E-state index is 0.0485. The maximum Gasteiger partial charge on any atom is 0.274 e. The van der Waals surface area contributed by atoms with E-state index in [0.29, 0.717) is 12.6 Å². The second-order valence-electron chi connectivity index (χ2n) is 5.06. The van der Waals surface area contributed by atoms with Crippen LogP contribution in [-0.2, 0) is 6.54 Å². The van der Waals surface area contributed by atoms with Gasteiger partial charge < -0.3 is 10.6 Å². The quantitative estimate of drug-likeness (QED) is 0.746. The fourth-order valence-corrected chi connectivity index (χ4v) is 2.03. The summed E-state index contributed by atoms with van der Waals surface area (Å²) in [7, 11) is 0. The molecule has 0 aliphatic heterocycles. The fourth-order valence-electron chi connectivity index (χ4n) is 2.03. The van der Waals surface area contributed by atoms with Crippen molar-refractivity contribution < 1.29 is 13.6 Å². The largest absolute Gasteiger partial charge is 0.350 e. The number of nitrogens with zero attached hydrogens (tertiary/aromatic N) is 3. The van der Waals surface area contributed by atoms with Crippen LogP contribution in [0.1, 0.15) is 16.1 Å². The Bertz CT molecular complexity index is 889. The Balaban J connectivity index is 1.69. The summed E-state index contributed by atoms with van der Waals surface area (Å²) < 4.78 is 26.5. The molecule has 0 spiro atoms. The molecule has 0 radical (unpaired) electrons. The average Bonchev–Trinajstić information content (AvgIpc) is 2.63.